The van der Waals surface area contributed by atoms with E-state index >= 15 is 0 Å². The standard InChI is InChI=1S/C15H15FN2O2/c1-20-14-7-5-11(6-8-14)10-17-15(19)18-13-4-2-3-12(16)9-13/h2-9H,10H2,1H3,(H2,17,18,19). The van der Waals surface area contributed by atoms with Gasteiger partial charge < -0.3 is 15.4 Å². The lowest BCUT2D eigenvalue weighted by Crippen LogP contribution is -2.28. The molecule has 0 aliphatic heterocycles. The molecule has 0 bridgehead atoms. The summed E-state index contributed by atoms with van der Waals surface area (Å²) in [7, 11) is 1.60. The molecule has 2 amide bonds. The van der Waals surface area contributed by atoms with E-state index in [2.05, 4.69) is 10.6 Å². The lowest BCUT2D eigenvalue weighted by atomic mass is 10.2. The lowest BCUT2D eigenvalue weighted by Gasteiger charge is -2.08. The molecule has 0 unspecified atom stereocenters. The van der Waals surface area contributed by atoms with Crippen molar-refractivity contribution in [1.29, 1.82) is 0 Å². The topological polar surface area (TPSA) is 50.4 Å². The first-order valence-corrected chi connectivity index (χ1v) is 6.11. The Kier molecular flexibility index (Phi) is 4.55. The number of amides is 2. The summed E-state index contributed by atoms with van der Waals surface area (Å²) in [6.07, 6.45) is 0. The molecular weight excluding hydrogens is 259 g/mol. The number of benzene rings is 2. The minimum Gasteiger partial charge on any atom is -0.497 e. The number of carbonyl (C=O) groups is 1. The van der Waals surface area contributed by atoms with Gasteiger partial charge in [-0.25, -0.2) is 9.18 Å². The third-order valence-corrected chi connectivity index (χ3v) is 2.69. The first-order chi connectivity index (χ1) is 9.67. The number of hydrogen-bond donors (Lipinski definition) is 2. The molecule has 2 aromatic carbocycles. The highest BCUT2D eigenvalue weighted by atomic mass is 19.1. The molecule has 0 radical (unpaired) electrons. The van der Waals surface area contributed by atoms with Crippen LogP contribution in [0.2, 0.25) is 0 Å². The van der Waals surface area contributed by atoms with Gasteiger partial charge in [-0.05, 0) is 35.9 Å². The van der Waals surface area contributed by atoms with Crippen molar-refractivity contribution < 1.29 is 13.9 Å². The van der Waals surface area contributed by atoms with Gasteiger partial charge in [-0.1, -0.05) is 18.2 Å². The van der Waals surface area contributed by atoms with Crippen molar-refractivity contribution in [2.45, 2.75) is 6.54 Å². The van der Waals surface area contributed by atoms with Crippen molar-refractivity contribution >= 4 is 11.7 Å². The molecule has 20 heavy (non-hydrogen) atoms. The Morgan fingerprint density at radius 3 is 2.60 bits per heavy atom. The predicted molar refractivity (Wildman–Crippen MR) is 75.3 cm³/mol. The maximum absolute atomic E-state index is 13.0. The molecule has 0 aliphatic carbocycles. The van der Waals surface area contributed by atoms with Crippen LogP contribution in [0.15, 0.2) is 48.5 Å². The third-order valence-electron chi connectivity index (χ3n) is 2.69. The Morgan fingerprint density at radius 1 is 1.20 bits per heavy atom. The van der Waals surface area contributed by atoms with E-state index in [-0.39, 0.29) is 6.03 Å². The van der Waals surface area contributed by atoms with Crippen molar-refractivity contribution in [3.8, 4) is 5.75 Å². The number of urea groups is 1. The molecule has 0 spiro atoms. The van der Waals surface area contributed by atoms with E-state index in [0.717, 1.165) is 11.3 Å². The molecule has 4 nitrogen and oxygen atoms in total. The van der Waals surface area contributed by atoms with E-state index < -0.39 is 5.82 Å². The molecule has 0 aliphatic rings. The van der Waals surface area contributed by atoms with Gasteiger partial charge in [-0.15, -0.1) is 0 Å². The van der Waals surface area contributed by atoms with Gasteiger partial charge in [-0.3, -0.25) is 0 Å². The average molecular weight is 274 g/mol. The van der Waals surface area contributed by atoms with Gasteiger partial charge in [0.1, 0.15) is 11.6 Å². The third kappa shape index (κ3) is 3.98. The molecule has 0 saturated heterocycles. The molecular formula is C15H15FN2O2. The quantitative estimate of drug-likeness (QED) is 0.899. The summed E-state index contributed by atoms with van der Waals surface area (Å²) in [6.45, 7) is 0.380. The molecule has 0 saturated carbocycles. The van der Waals surface area contributed by atoms with Gasteiger partial charge >= 0.3 is 6.03 Å². The number of carbonyl (C=O) groups excluding carboxylic acids is 1. The number of halogens is 1. The first kappa shape index (κ1) is 13.9. The minimum absolute atomic E-state index is 0.380. The van der Waals surface area contributed by atoms with E-state index in [1.54, 1.807) is 13.2 Å². The van der Waals surface area contributed by atoms with E-state index in [4.69, 9.17) is 4.74 Å². The van der Waals surface area contributed by atoms with E-state index in [9.17, 15) is 9.18 Å². The second kappa shape index (κ2) is 6.56. The van der Waals surface area contributed by atoms with Crippen molar-refractivity contribution in [1.82, 2.24) is 5.32 Å². The van der Waals surface area contributed by atoms with E-state index in [1.165, 1.54) is 18.2 Å². The zero-order valence-electron chi connectivity index (χ0n) is 11.0. The molecule has 2 rings (SSSR count). The summed E-state index contributed by atoms with van der Waals surface area (Å²) >= 11 is 0. The van der Waals surface area contributed by atoms with Crippen LogP contribution in [0.4, 0.5) is 14.9 Å². The number of hydrogen-bond acceptors (Lipinski definition) is 2. The van der Waals surface area contributed by atoms with Crippen LogP contribution in [-0.4, -0.2) is 13.1 Å². The summed E-state index contributed by atoms with van der Waals surface area (Å²) < 4.78 is 18.0. The number of methoxy groups -OCH3 is 1. The Morgan fingerprint density at radius 2 is 1.95 bits per heavy atom. The first-order valence-electron chi connectivity index (χ1n) is 6.11. The second-order valence-electron chi connectivity index (χ2n) is 4.17. The number of nitrogens with one attached hydrogen (secondary N) is 2. The molecule has 0 fully saturated rings. The van der Waals surface area contributed by atoms with Crippen LogP contribution in [0, 0.1) is 5.82 Å². The zero-order chi connectivity index (χ0) is 14.4. The fourth-order valence-corrected chi connectivity index (χ4v) is 1.67. The van der Waals surface area contributed by atoms with Crippen LogP contribution >= 0.6 is 0 Å². The Bertz CT molecular complexity index is 585. The lowest BCUT2D eigenvalue weighted by molar-refractivity contribution is 0.251. The maximum Gasteiger partial charge on any atom is 0.319 e. The highest BCUT2D eigenvalue weighted by Gasteiger charge is 2.02. The molecule has 0 heterocycles. The highest BCUT2D eigenvalue weighted by molar-refractivity contribution is 5.89. The summed E-state index contributed by atoms with van der Waals surface area (Å²) in [6, 6.07) is 12.7. The smallest absolute Gasteiger partial charge is 0.319 e. The number of anilines is 1. The van der Waals surface area contributed by atoms with Gasteiger partial charge in [0.25, 0.3) is 0 Å². The van der Waals surface area contributed by atoms with E-state index in [1.807, 2.05) is 24.3 Å². The molecule has 2 N–H and O–H groups in total. The highest BCUT2D eigenvalue weighted by Crippen LogP contribution is 2.11. The van der Waals surface area contributed by atoms with Gasteiger partial charge in [0.05, 0.1) is 7.11 Å². The Hall–Kier alpha value is -2.56. The Labute approximate surface area is 116 Å². The SMILES string of the molecule is COc1ccc(CNC(=O)Nc2cccc(F)c2)cc1. The summed E-state index contributed by atoms with van der Waals surface area (Å²) in [4.78, 5) is 11.7. The summed E-state index contributed by atoms with van der Waals surface area (Å²) in [5.74, 6) is 0.371. The van der Waals surface area contributed by atoms with Crippen LogP contribution in [0.25, 0.3) is 0 Å². The fourth-order valence-electron chi connectivity index (χ4n) is 1.67. The van der Waals surface area contributed by atoms with Crippen molar-refractivity contribution in [3.63, 3.8) is 0 Å². The Balaban J connectivity index is 1.85. The monoisotopic (exact) mass is 274 g/mol. The van der Waals surface area contributed by atoms with Crippen LogP contribution in [-0.2, 0) is 6.54 Å². The van der Waals surface area contributed by atoms with Crippen LogP contribution in [0.3, 0.4) is 0 Å². The van der Waals surface area contributed by atoms with Gasteiger partial charge in [0.2, 0.25) is 0 Å². The number of rotatable bonds is 4. The molecule has 5 heteroatoms. The fraction of sp³-hybridized carbons (Fsp3) is 0.133. The van der Waals surface area contributed by atoms with Crippen molar-refractivity contribution in [2.75, 3.05) is 12.4 Å². The largest absolute Gasteiger partial charge is 0.497 e. The van der Waals surface area contributed by atoms with Gasteiger partial charge in [0.15, 0.2) is 0 Å². The van der Waals surface area contributed by atoms with Gasteiger partial charge in [0, 0.05) is 12.2 Å². The second-order valence-corrected chi connectivity index (χ2v) is 4.17. The van der Waals surface area contributed by atoms with Gasteiger partial charge in [-0.2, -0.15) is 0 Å². The predicted octanol–water partition coefficient (Wildman–Crippen LogP) is 3.16. The normalized spacial score (nSPS) is 9.90. The maximum atomic E-state index is 13.0. The molecule has 2 aromatic rings. The molecule has 0 aromatic heterocycles. The van der Waals surface area contributed by atoms with Crippen LogP contribution < -0.4 is 15.4 Å². The average Bonchev–Trinajstić information content (AvgIpc) is 2.46. The van der Waals surface area contributed by atoms with Crippen molar-refractivity contribution in [2.24, 2.45) is 0 Å². The van der Waals surface area contributed by atoms with Crippen LogP contribution in [0.5, 0.6) is 5.75 Å². The van der Waals surface area contributed by atoms with Crippen molar-refractivity contribution in [3.05, 3.63) is 59.9 Å². The minimum atomic E-state index is -0.391. The summed E-state index contributed by atoms with van der Waals surface area (Å²) in [5, 5.41) is 5.25. The number of ether oxygens (including phenoxy) is 1. The van der Waals surface area contributed by atoms with E-state index in [0.29, 0.717) is 12.2 Å². The zero-order valence-corrected chi connectivity index (χ0v) is 11.0. The summed E-state index contributed by atoms with van der Waals surface area (Å²) in [5.41, 5.74) is 1.36. The molecule has 0 atom stereocenters. The molecule has 104 valence electrons. The van der Waals surface area contributed by atoms with Crippen LogP contribution in [0.1, 0.15) is 5.56 Å².